The summed E-state index contributed by atoms with van der Waals surface area (Å²) >= 11 is 13.3. The van der Waals surface area contributed by atoms with Crippen molar-refractivity contribution in [2.24, 2.45) is 0 Å². The number of anilines is 1. The topological polar surface area (TPSA) is 51.2 Å². The van der Waals surface area contributed by atoms with Crippen molar-refractivity contribution in [3.8, 4) is 17.0 Å². The number of nitrogens with zero attached hydrogens (tertiary/aromatic N) is 1. The number of thiazole rings is 1. The molecule has 0 radical (unpaired) electrons. The zero-order valence-electron chi connectivity index (χ0n) is 15.0. The molecule has 0 saturated heterocycles. The molecular formula is C20H18Cl2N2O2S. The van der Waals surface area contributed by atoms with Crippen LogP contribution in [0.4, 0.5) is 5.13 Å². The van der Waals surface area contributed by atoms with Gasteiger partial charge >= 0.3 is 0 Å². The first-order valence-corrected chi connectivity index (χ1v) is 9.93. The molecule has 1 aromatic heterocycles. The Bertz CT molecular complexity index is 988. The van der Waals surface area contributed by atoms with Crippen molar-refractivity contribution in [2.45, 2.75) is 26.9 Å². The van der Waals surface area contributed by atoms with Crippen LogP contribution in [0.25, 0.3) is 11.3 Å². The van der Waals surface area contributed by atoms with Crippen LogP contribution in [0.15, 0.2) is 41.8 Å². The average molecular weight is 421 g/mol. The first-order chi connectivity index (χ1) is 12.8. The third-order valence-electron chi connectivity index (χ3n) is 4.10. The van der Waals surface area contributed by atoms with Crippen LogP contribution in [-0.4, -0.2) is 17.0 Å². The van der Waals surface area contributed by atoms with Crippen LogP contribution in [0.5, 0.6) is 5.75 Å². The Morgan fingerprint density at radius 1 is 1.15 bits per heavy atom. The lowest BCUT2D eigenvalue weighted by molar-refractivity contribution is -0.122. The standard InChI is InChI=1S/C20H18Cl2N2O2S/c1-11-4-5-14(8-12(11)2)17-10-27-20(23-17)24-19(25)13(3)26-18-7-6-15(21)9-16(18)22/h4-10,13H,1-3H3,(H,23,24,25). The van der Waals surface area contributed by atoms with E-state index < -0.39 is 6.10 Å². The number of nitrogens with one attached hydrogen (secondary N) is 1. The van der Waals surface area contributed by atoms with Gasteiger partial charge in [-0.05, 0) is 56.2 Å². The van der Waals surface area contributed by atoms with Gasteiger partial charge in [-0.3, -0.25) is 10.1 Å². The number of benzene rings is 2. The lowest BCUT2D eigenvalue weighted by atomic mass is 10.1. The molecule has 3 rings (SSSR count). The fraction of sp³-hybridized carbons (Fsp3) is 0.200. The summed E-state index contributed by atoms with van der Waals surface area (Å²) in [4.78, 5) is 16.9. The molecular weight excluding hydrogens is 403 g/mol. The number of carbonyl (C=O) groups is 1. The van der Waals surface area contributed by atoms with Crippen molar-refractivity contribution in [2.75, 3.05) is 5.32 Å². The van der Waals surface area contributed by atoms with E-state index in [4.69, 9.17) is 27.9 Å². The molecule has 1 unspecified atom stereocenters. The lowest BCUT2D eigenvalue weighted by Gasteiger charge is -2.14. The van der Waals surface area contributed by atoms with Gasteiger partial charge in [0.1, 0.15) is 5.75 Å². The van der Waals surface area contributed by atoms with Gasteiger partial charge in [0.15, 0.2) is 11.2 Å². The molecule has 27 heavy (non-hydrogen) atoms. The van der Waals surface area contributed by atoms with Crippen LogP contribution in [0.3, 0.4) is 0 Å². The van der Waals surface area contributed by atoms with Crippen molar-refractivity contribution in [1.82, 2.24) is 4.98 Å². The number of carbonyl (C=O) groups excluding carboxylic acids is 1. The van der Waals surface area contributed by atoms with E-state index in [1.54, 1.807) is 25.1 Å². The van der Waals surface area contributed by atoms with Crippen LogP contribution in [0, 0.1) is 13.8 Å². The molecule has 2 aromatic carbocycles. The molecule has 0 fully saturated rings. The van der Waals surface area contributed by atoms with Crippen molar-refractivity contribution in [3.05, 3.63) is 63.0 Å². The van der Waals surface area contributed by atoms with Crippen LogP contribution in [0.2, 0.25) is 10.0 Å². The minimum Gasteiger partial charge on any atom is -0.479 e. The van der Waals surface area contributed by atoms with Gasteiger partial charge in [0, 0.05) is 16.0 Å². The van der Waals surface area contributed by atoms with Gasteiger partial charge in [0.2, 0.25) is 0 Å². The summed E-state index contributed by atoms with van der Waals surface area (Å²) in [5, 5.41) is 6.08. The molecule has 1 N–H and O–H groups in total. The minimum atomic E-state index is -0.738. The molecule has 0 saturated carbocycles. The smallest absolute Gasteiger partial charge is 0.266 e. The van der Waals surface area contributed by atoms with Gasteiger partial charge in [-0.1, -0.05) is 35.3 Å². The van der Waals surface area contributed by atoms with Crippen LogP contribution in [-0.2, 0) is 4.79 Å². The summed E-state index contributed by atoms with van der Waals surface area (Å²) in [6, 6.07) is 11.0. The largest absolute Gasteiger partial charge is 0.479 e. The zero-order chi connectivity index (χ0) is 19.6. The maximum atomic E-state index is 12.4. The summed E-state index contributed by atoms with van der Waals surface area (Å²) in [6.07, 6.45) is -0.738. The molecule has 4 nitrogen and oxygen atoms in total. The van der Waals surface area contributed by atoms with E-state index in [2.05, 4.69) is 36.3 Å². The van der Waals surface area contributed by atoms with E-state index >= 15 is 0 Å². The Morgan fingerprint density at radius 3 is 2.63 bits per heavy atom. The molecule has 0 aliphatic carbocycles. The fourth-order valence-electron chi connectivity index (χ4n) is 2.39. The van der Waals surface area contributed by atoms with Crippen molar-refractivity contribution in [3.63, 3.8) is 0 Å². The van der Waals surface area contributed by atoms with Crippen molar-refractivity contribution in [1.29, 1.82) is 0 Å². The normalized spacial score (nSPS) is 11.9. The van der Waals surface area contributed by atoms with Gasteiger partial charge < -0.3 is 4.74 Å². The maximum Gasteiger partial charge on any atom is 0.266 e. The van der Waals surface area contributed by atoms with Gasteiger partial charge in [0.05, 0.1) is 10.7 Å². The molecule has 0 aliphatic rings. The third kappa shape index (κ3) is 4.80. The second-order valence-electron chi connectivity index (χ2n) is 6.16. The van der Waals surface area contributed by atoms with E-state index in [9.17, 15) is 4.79 Å². The average Bonchev–Trinajstić information content (AvgIpc) is 3.08. The predicted octanol–water partition coefficient (Wildman–Crippen LogP) is 6.14. The van der Waals surface area contributed by atoms with E-state index in [-0.39, 0.29) is 5.91 Å². The second-order valence-corrected chi connectivity index (χ2v) is 7.86. The Labute approximate surface area is 172 Å². The molecule has 140 valence electrons. The number of hydrogen-bond donors (Lipinski definition) is 1. The summed E-state index contributed by atoms with van der Waals surface area (Å²) in [5.74, 6) is 0.0979. The van der Waals surface area contributed by atoms with Gasteiger partial charge in [-0.25, -0.2) is 4.98 Å². The Morgan fingerprint density at radius 2 is 1.93 bits per heavy atom. The Kier molecular flexibility index (Phi) is 6.05. The number of amides is 1. The number of hydrogen-bond acceptors (Lipinski definition) is 4. The highest BCUT2D eigenvalue weighted by atomic mass is 35.5. The van der Waals surface area contributed by atoms with E-state index in [1.165, 1.54) is 22.5 Å². The first-order valence-electron chi connectivity index (χ1n) is 8.29. The highest BCUT2D eigenvalue weighted by Crippen LogP contribution is 2.29. The van der Waals surface area contributed by atoms with Crippen LogP contribution in [0.1, 0.15) is 18.1 Å². The number of ether oxygens (including phenoxy) is 1. The van der Waals surface area contributed by atoms with Crippen LogP contribution >= 0.6 is 34.5 Å². The van der Waals surface area contributed by atoms with Gasteiger partial charge in [0.25, 0.3) is 5.91 Å². The highest BCUT2D eigenvalue weighted by molar-refractivity contribution is 7.14. The maximum absolute atomic E-state index is 12.4. The van der Waals surface area contributed by atoms with E-state index in [0.717, 1.165) is 11.3 Å². The Balaban J connectivity index is 1.67. The molecule has 1 amide bonds. The van der Waals surface area contributed by atoms with E-state index in [1.807, 2.05) is 11.4 Å². The highest BCUT2D eigenvalue weighted by Gasteiger charge is 2.18. The summed E-state index contributed by atoms with van der Waals surface area (Å²) in [5.41, 5.74) is 4.28. The number of halogens is 2. The predicted molar refractivity (Wildman–Crippen MR) is 112 cm³/mol. The zero-order valence-corrected chi connectivity index (χ0v) is 17.4. The van der Waals surface area contributed by atoms with Crippen molar-refractivity contribution >= 4 is 45.6 Å². The lowest BCUT2D eigenvalue weighted by Crippen LogP contribution is -2.30. The molecule has 1 heterocycles. The molecule has 0 bridgehead atoms. The van der Waals surface area contributed by atoms with Crippen LogP contribution < -0.4 is 10.1 Å². The van der Waals surface area contributed by atoms with Gasteiger partial charge in [-0.2, -0.15) is 0 Å². The third-order valence-corrected chi connectivity index (χ3v) is 5.39. The molecule has 3 aromatic rings. The minimum absolute atomic E-state index is 0.304. The monoisotopic (exact) mass is 420 g/mol. The fourth-order valence-corrected chi connectivity index (χ4v) is 3.56. The van der Waals surface area contributed by atoms with Gasteiger partial charge in [-0.15, -0.1) is 11.3 Å². The summed E-state index contributed by atoms with van der Waals surface area (Å²) < 4.78 is 5.63. The molecule has 0 spiro atoms. The van der Waals surface area contributed by atoms with E-state index in [0.29, 0.717) is 20.9 Å². The number of aryl methyl sites for hydroxylation is 2. The second kappa shape index (κ2) is 8.30. The summed E-state index contributed by atoms with van der Waals surface area (Å²) in [6.45, 7) is 5.78. The quantitative estimate of drug-likeness (QED) is 0.538. The van der Waals surface area contributed by atoms with Crippen molar-refractivity contribution < 1.29 is 9.53 Å². The summed E-state index contributed by atoms with van der Waals surface area (Å²) in [7, 11) is 0. The number of aromatic nitrogens is 1. The molecule has 7 heteroatoms. The SMILES string of the molecule is Cc1ccc(-c2csc(NC(=O)C(C)Oc3ccc(Cl)cc3Cl)n2)cc1C. The number of rotatable bonds is 5. The first kappa shape index (κ1) is 19.7. The molecule has 1 atom stereocenters. The Hall–Kier alpha value is -2.08. The molecule has 0 aliphatic heterocycles.